The Hall–Kier alpha value is -0.860. The molecule has 102 valence electrons. The van der Waals surface area contributed by atoms with Gasteiger partial charge in [-0.2, -0.15) is 0 Å². The van der Waals surface area contributed by atoms with Crippen LogP contribution in [-0.4, -0.2) is 19.6 Å². The lowest BCUT2D eigenvalue weighted by Crippen LogP contribution is -2.25. The van der Waals surface area contributed by atoms with Crippen LogP contribution in [0.4, 0.5) is 0 Å². The second-order valence-electron chi connectivity index (χ2n) is 6.13. The van der Waals surface area contributed by atoms with Gasteiger partial charge in [-0.15, -0.1) is 0 Å². The Morgan fingerprint density at radius 3 is 2.06 bits per heavy atom. The molecule has 0 saturated carbocycles. The molecule has 1 rings (SSSR count). The normalized spacial score (nSPS) is 11.9. The Bertz CT molecular complexity index is 366. The molecule has 0 unspecified atom stereocenters. The molecule has 2 heteroatoms. The molecule has 0 fully saturated rings. The van der Waals surface area contributed by atoms with Crippen molar-refractivity contribution in [1.29, 1.82) is 0 Å². The van der Waals surface area contributed by atoms with Gasteiger partial charge in [0.25, 0.3) is 0 Å². The topological polar surface area (TPSA) is 38.0 Å². The molecule has 1 aromatic carbocycles. The first-order valence-corrected chi connectivity index (χ1v) is 6.87. The first-order valence-electron chi connectivity index (χ1n) is 6.87. The van der Waals surface area contributed by atoms with E-state index in [2.05, 4.69) is 52.1 Å². The second kappa shape index (κ2) is 6.35. The lowest BCUT2D eigenvalue weighted by atomic mass is 9.83. The summed E-state index contributed by atoms with van der Waals surface area (Å²) in [6.45, 7) is 13.9. The van der Waals surface area contributed by atoms with Gasteiger partial charge in [-0.1, -0.05) is 32.9 Å². The molecule has 0 amide bonds. The van der Waals surface area contributed by atoms with Gasteiger partial charge in [-0.25, -0.2) is 0 Å². The molecule has 1 aromatic rings. The molecule has 3 N–H and O–H groups in total. The van der Waals surface area contributed by atoms with Crippen LogP contribution < -0.4 is 11.1 Å². The number of nitrogens with one attached hydrogen (secondary N) is 1. The quantitative estimate of drug-likeness (QED) is 0.786. The molecule has 0 radical (unpaired) electrons. The SMILES string of the molecule is Cc1cc(C(C)(C)C)cc(C)c1CCNCCN. The minimum absolute atomic E-state index is 0.228. The molecule has 18 heavy (non-hydrogen) atoms. The maximum absolute atomic E-state index is 5.47. The van der Waals surface area contributed by atoms with E-state index in [9.17, 15) is 0 Å². The molecule has 0 aromatic heterocycles. The van der Waals surface area contributed by atoms with E-state index in [1.54, 1.807) is 0 Å². The van der Waals surface area contributed by atoms with Crippen LogP contribution >= 0.6 is 0 Å². The van der Waals surface area contributed by atoms with E-state index in [0.29, 0.717) is 6.54 Å². The largest absolute Gasteiger partial charge is 0.329 e. The van der Waals surface area contributed by atoms with Crippen LogP contribution in [0.1, 0.15) is 43.0 Å². The van der Waals surface area contributed by atoms with Gasteiger partial charge >= 0.3 is 0 Å². The van der Waals surface area contributed by atoms with Crippen LogP contribution in [0.2, 0.25) is 0 Å². The van der Waals surface area contributed by atoms with Crippen LogP contribution in [0.25, 0.3) is 0 Å². The first-order chi connectivity index (χ1) is 8.36. The monoisotopic (exact) mass is 248 g/mol. The van der Waals surface area contributed by atoms with E-state index in [1.807, 2.05) is 0 Å². The summed E-state index contributed by atoms with van der Waals surface area (Å²) in [6, 6.07) is 4.68. The summed E-state index contributed by atoms with van der Waals surface area (Å²) in [4.78, 5) is 0. The Balaban J connectivity index is 2.82. The third-order valence-corrected chi connectivity index (χ3v) is 3.43. The second-order valence-corrected chi connectivity index (χ2v) is 6.13. The highest BCUT2D eigenvalue weighted by atomic mass is 14.9. The van der Waals surface area contributed by atoms with E-state index < -0.39 is 0 Å². The molecular formula is C16H28N2. The van der Waals surface area contributed by atoms with Crippen LogP contribution in [0.5, 0.6) is 0 Å². The Labute approximate surface area is 112 Å². The first kappa shape index (κ1) is 15.2. The van der Waals surface area contributed by atoms with Gasteiger partial charge in [0.05, 0.1) is 0 Å². The molecule has 0 saturated heterocycles. The van der Waals surface area contributed by atoms with Gasteiger partial charge in [0, 0.05) is 13.1 Å². The van der Waals surface area contributed by atoms with Gasteiger partial charge < -0.3 is 11.1 Å². The highest BCUT2D eigenvalue weighted by Crippen LogP contribution is 2.26. The van der Waals surface area contributed by atoms with Crippen molar-refractivity contribution in [2.24, 2.45) is 5.73 Å². The van der Waals surface area contributed by atoms with E-state index in [4.69, 9.17) is 5.73 Å². The minimum Gasteiger partial charge on any atom is -0.329 e. The van der Waals surface area contributed by atoms with Crippen LogP contribution in [-0.2, 0) is 11.8 Å². The molecule has 0 aliphatic rings. The van der Waals surface area contributed by atoms with Crippen molar-refractivity contribution in [2.45, 2.75) is 46.5 Å². The van der Waals surface area contributed by atoms with Crippen molar-refractivity contribution in [1.82, 2.24) is 5.32 Å². The Morgan fingerprint density at radius 2 is 1.61 bits per heavy atom. The molecule has 0 spiro atoms. The number of hydrogen-bond acceptors (Lipinski definition) is 2. The third-order valence-electron chi connectivity index (χ3n) is 3.43. The van der Waals surface area contributed by atoms with Gasteiger partial charge in [0.2, 0.25) is 0 Å². The lowest BCUT2D eigenvalue weighted by molar-refractivity contribution is 0.588. The maximum Gasteiger partial charge on any atom is 0.00746 e. The number of benzene rings is 1. The number of hydrogen-bond donors (Lipinski definition) is 2. The molecule has 0 bridgehead atoms. The zero-order valence-electron chi connectivity index (χ0n) is 12.6. The van der Waals surface area contributed by atoms with Gasteiger partial charge in [-0.3, -0.25) is 0 Å². The Kier molecular flexibility index (Phi) is 5.36. The van der Waals surface area contributed by atoms with E-state index in [0.717, 1.165) is 19.5 Å². The molecule has 0 aliphatic heterocycles. The standard InChI is InChI=1S/C16H28N2/c1-12-10-14(16(3,4)5)11-13(2)15(12)6-8-18-9-7-17/h10-11,18H,6-9,17H2,1-5H3. The van der Waals surface area contributed by atoms with Crippen molar-refractivity contribution in [2.75, 3.05) is 19.6 Å². The van der Waals surface area contributed by atoms with Gasteiger partial charge in [-0.05, 0) is 54.5 Å². The van der Waals surface area contributed by atoms with Crippen LogP contribution in [0.3, 0.4) is 0 Å². The average Bonchev–Trinajstić information content (AvgIpc) is 2.25. The highest BCUT2D eigenvalue weighted by Gasteiger charge is 2.15. The van der Waals surface area contributed by atoms with Crippen LogP contribution in [0, 0.1) is 13.8 Å². The molecule has 0 atom stereocenters. The molecule has 0 heterocycles. The fraction of sp³-hybridized carbons (Fsp3) is 0.625. The smallest absolute Gasteiger partial charge is 0.00746 e. The van der Waals surface area contributed by atoms with Gasteiger partial charge in [0.1, 0.15) is 0 Å². The summed E-state index contributed by atoms with van der Waals surface area (Å²) >= 11 is 0. The van der Waals surface area contributed by atoms with E-state index in [1.165, 1.54) is 22.3 Å². The van der Waals surface area contributed by atoms with Crippen molar-refractivity contribution >= 4 is 0 Å². The molecule has 2 nitrogen and oxygen atoms in total. The summed E-state index contributed by atoms with van der Waals surface area (Å²) in [5.41, 5.74) is 11.4. The summed E-state index contributed by atoms with van der Waals surface area (Å²) in [6.07, 6.45) is 1.09. The van der Waals surface area contributed by atoms with Crippen molar-refractivity contribution in [3.05, 3.63) is 34.4 Å². The zero-order chi connectivity index (χ0) is 13.8. The number of rotatable bonds is 5. The van der Waals surface area contributed by atoms with Gasteiger partial charge in [0.15, 0.2) is 0 Å². The summed E-state index contributed by atoms with van der Waals surface area (Å²) in [5.74, 6) is 0. The predicted molar refractivity (Wildman–Crippen MR) is 80.2 cm³/mol. The average molecular weight is 248 g/mol. The van der Waals surface area contributed by atoms with Crippen molar-refractivity contribution in [3.63, 3.8) is 0 Å². The minimum atomic E-state index is 0.228. The number of nitrogens with two attached hydrogens (primary N) is 1. The van der Waals surface area contributed by atoms with E-state index >= 15 is 0 Å². The Morgan fingerprint density at radius 1 is 1.06 bits per heavy atom. The highest BCUT2D eigenvalue weighted by molar-refractivity contribution is 5.40. The van der Waals surface area contributed by atoms with Crippen molar-refractivity contribution in [3.8, 4) is 0 Å². The van der Waals surface area contributed by atoms with Crippen molar-refractivity contribution < 1.29 is 0 Å². The molecular weight excluding hydrogens is 220 g/mol. The number of aryl methyl sites for hydroxylation is 2. The summed E-state index contributed by atoms with van der Waals surface area (Å²) in [5, 5.41) is 3.36. The molecule has 0 aliphatic carbocycles. The van der Waals surface area contributed by atoms with E-state index in [-0.39, 0.29) is 5.41 Å². The zero-order valence-corrected chi connectivity index (χ0v) is 12.6. The predicted octanol–water partition coefficient (Wildman–Crippen LogP) is 2.69. The fourth-order valence-corrected chi connectivity index (χ4v) is 2.26. The van der Waals surface area contributed by atoms with Crippen LogP contribution in [0.15, 0.2) is 12.1 Å². The fourth-order valence-electron chi connectivity index (χ4n) is 2.26. The third kappa shape index (κ3) is 4.11. The summed E-state index contributed by atoms with van der Waals surface area (Å²) < 4.78 is 0. The summed E-state index contributed by atoms with van der Waals surface area (Å²) in [7, 11) is 0. The lowest BCUT2D eigenvalue weighted by Gasteiger charge is -2.22. The maximum atomic E-state index is 5.47.